The summed E-state index contributed by atoms with van der Waals surface area (Å²) >= 11 is 0. The van der Waals surface area contributed by atoms with Gasteiger partial charge in [0.15, 0.2) is 0 Å². The monoisotopic (exact) mass is 360 g/mol. The molecule has 1 fully saturated rings. The average molecular weight is 360 g/mol. The molecule has 2 aromatic carbocycles. The van der Waals surface area contributed by atoms with Gasteiger partial charge in [0.25, 0.3) is 5.91 Å². The molecule has 1 aliphatic heterocycles. The van der Waals surface area contributed by atoms with Gasteiger partial charge in [-0.2, -0.15) is 0 Å². The van der Waals surface area contributed by atoms with E-state index in [1.165, 1.54) is 0 Å². The van der Waals surface area contributed by atoms with Crippen LogP contribution in [0.25, 0.3) is 0 Å². The van der Waals surface area contributed by atoms with Gasteiger partial charge in [0.05, 0.1) is 18.7 Å². The highest BCUT2D eigenvalue weighted by atomic mass is 16.5. The molecule has 1 aromatic heterocycles. The number of hydrogen-bond acceptors (Lipinski definition) is 5. The molecule has 0 radical (unpaired) electrons. The standard InChI is InChI=1S/C21H20N4O2/c1-15-6-5-9-18(10-15)27-19-13-25(14-19)20(26)16-11-22-21(23-12-16)24-17-7-3-2-4-8-17/h2-12,19H,13-14H2,1H3,(H,22,23,24). The van der Waals surface area contributed by atoms with Crippen molar-refractivity contribution in [3.63, 3.8) is 0 Å². The number of amides is 1. The predicted octanol–water partition coefficient (Wildman–Crippen LogP) is 3.43. The highest BCUT2D eigenvalue weighted by Crippen LogP contribution is 2.21. The minimum absolute atomic E-state index is 0.0238. The first-order valence-corrected chi connectivity index (χ1v) is 8.84. The number of nitrogens with one attached hydrogen (secondary N) is 1. The summed E-state index contributed by atoms with van der Waals surface area (Å²) in [7, 11) is 0. The Morgan fingerprint density at radius 2 is 1.81 bits per heavy atom. The molecule has 1 N–H and O–H groups in total. The molecule has 0 atom stereocenters. The number of para-hydroxylation sites is 1. The third kappa shape index (κ3) is 4.06. The number of anilines is 2. The Hall–Kier alpha value is -3.41. The zero-order valence-electron chi connectivity index (χ0n) is 15.0. The van der Waals surface area contributed by atoms with E-state index in [0.29, 0.717) is 24.6 Å². The fraction of sp³-hybridized carbons (Fsp3) is 0.190. The second-order valence-electron chi connectivity index (χ2n) is 6.55. The van der Waals surface area contributed by atoms with E-state index in [1.54, 1.807) is 17.3 Å². The Labute approximate surface area is 157 Å². The lowest BCUT2D eigenvalue weighted by molar-refractivity contribution is 0.0177. The quantitative estimate of drug-likeness (QED) is 0.755. The van der Waals surface area contributed by atoms with Crippen molar-refractivity contribution < 1.29 is 9.53 Å². The van der Waals surface area contributed by atoms with Crippen LogP contribution in [-0.4, -0.2) is 40.0 Å². The first-order chi connectivity index (χ1) is 13.2. The number of carbonyl (C=O) groups is 1. The van der Waals surface area contributed by atoms with Crippen LogP contribution >= 0.6 is 0 Å². The molecular weight excluding hydrogens is 340 g/mol. The van der Waals surface area contributed by atoms with E-state index in [1.807, 2.05) is 61.5 Å². The molecule has 0 spiro atoms. The number of rotatable bonds is 5. The summed E-state index contributed by atoms with van der Waals surface area (Å²) in [5.74, 6) is 1.22. The average Bonchev–Trinajstić information content (AvgIpc) is 2.65. The van der Waals surface area contributed by atoms with Crippen molar-refractivity contribution >= 4 is 17.5 Å². The summed E-state index contributed by atoms with van der Waals surface area (Å²) in [6.45, 7) is 3.16. The van der Waals surface area contributed by atoms with Crippen LogP contribution in [0.4, 0.5) is 11.6 Å². The molecule has 2 heterocycles. The van der Waals surface area contributed by atoms with Gasteiger partial charge < -0.3 is 15.0 Å². The summed E-state index contributed by atoms with van der Waals surface area (Å²) in [4.78, 5) is 22.7. The Balaban J connectivity index is 1.31. The Kier molecular flexibility index (Phi) is 4.70. The maximum Gasteiger partial charge on any atom is 0.257 e. The van der Waals surface area contributed by atoms with Crippen LogP contribution in [0.15, 0.2) is 67.0 Å². The molecule has 1 amide bonds. The van der Waals surface area contributed by atoms with Crippen molar-refractivity contribution in [2.45, 2.75) is 13.0 Å². The highest BCUT2D eigenvalue weighted by molar-refractivity contribution is 5.94. The lowest BCUT2D eigenvalue weighted by Gasteiger charge is -2.38. The molecule has 4 rings (SSSR count). The fourth-order valence-corrected chi connectivity index (χ4v) is 2.90. The van der Waals surface area contributed by atoms with Gasteiger partial charge in [0.2, 0.25) is 5.95 Å². The molecule has 0 saturated carbocycles. The Morgan fingerprint density at radius 3 is 2.52 bits per heavy atom. The molecule has 136 valence electrons. The van der Waals surface area contributed by atoms with Crippen molar-refractivity contribution in [3.05, 3.63) is 78.1 Å². The van der Waals surface area contributed by atoms with Gasteiger partial charge in [0, 0.05) is 18.1 Å². The summed E-state index contributed by atoms with van der Waals surface area (Å²) in [5, 5.41) is 3.10. The van der Waals surface area contributed by atoms with Crippen molar-refractivity contribution in [2.75, 3.05) is 18.4 Å². The summed E-state index contributed by atoms with van der Waals surface area (Å²) < 4.78 is 5.90. The van der Waals surface area contributed by atoms with Gasteiger partial charge in [-0.15, -0.1) is 0 Å². The smallest absolute Gasteiger partial charge is 0.257 e. The minimum Gasteiger partial charge on any atom is -0.487 e. The molecule has 1 aliphatic rings. The van der Waals surface area contributed by atoms with E-state index in [4.69, 9.17) is 4.74 Å². The Morgan fingerprint density at radius 1 is 1.07 bits per heavy atom. The lowest BCUT2D eigenvalue weighted by Crippen LogP contribution is -2.56. The van der Waals surface area contributed by atoms with Crippen LogP contribution in [-0.2, 0) is 0 Å². The molecule has 6 nitrogen and oxygen atoms in total. The largest absolute Gasteiger partial charge is 0.487 e. The molecule has 1 saturated heterocycles. The third-order valence-electron chi connectivity index (χ3n) is 4.36. The molecular formula is C21H20N4O2. The van der Waals surface area contributed by atoms with E-state index in [9.17, 15) is 4.79 Å². The maximum absolute atomic E-state index is 12.5. The zero-order chi connectivity index (χ0) is 18.6. The van der Waals surface area contributed by atoms with Gasteiger partial charge >= 0.3 is 0 Å². The molecule has 0 aliphatic carbocycles. The van der Waals surface area contributed by atoms with Crippen LogP contribution in [0.1, 0.15) is 15.9 Å². The molecule has 27 heavy (non-hydrogen) atoms. The highest BCUT2D eigenvalue weighted by Gasteiger charge is 2.33. The van der Waals surface area contributed by atoms with Crippen molar-refractivity contribution in [1.82, 2.24) is 14.9 Å². The van der Waals surface area contributed by atoms with E-state index in [0.717, 1.165) is 17.0 Å². The number of nitrogens with zero attached hydrogens (tertiary/aromatic N) is 3. The normalized spacial score (nSPS) is 13.7. The van der Waals surface area contributed by atoms with Crippen molar-refractivity contribution in [3.8, 4) is 5.75 Å². The summed E-state index contributed by atoms with van der Waals surface area (Å²) in [6.07, 6.45) is 3.13. The second-order valence-corrected chi connectivity index (χ2v) is 6.55. The maximum atomic E-state index is 12.5. The number of hydrogen-bond donors (Lipinski definition) is 1. The van der Waals surface area contributed by atoms with Gasteiger partial charge in [0.1, 0.15) is 11.9 Å². The topological polar surface area (TPSA) is 67.3 Å². The van der Waals surface area contributed by atoms with Gasteiger partial charge in [-0.3, -0.25) is 4.79 Å². The zero-order valence-corrected chi connectivity index (χ0v) is 15.0. The van der Waals surface area contributed by atoms with E-state index < -0.39 is 0 Å². The van der Waals surface area contributed by atoms with Crippen LogP contribution in [0.3, 0.4) is 0 Å². The minimum atomic E-state index is -0.0784. The molecule has 3 aromatic rings. The first-order valence-electron chi connectivity index (χ1n) is 8.84. The van der Waals surface area contributed by atoms with Gasteiger partial charge in [-0.1, -0.05) is 30.3 Å². The lowest BCUT2D eigenvalue weighted by atomic mass is 10.1. The SMILES string of the molecule is Cc1cccc(OC2CN(C(=O)c3cnc(Nc4ccccc4)nc3)C2)c1. The first kappa shape index (κ1) is 17.0. The van der Waals surface area contributed by atoms with Gasteiger partial charge in [-0.05, 0) is 36.8 Å². The summed E-state index contributed by atoms with van der Waals surface area (Å²) in [6, 6.07) is 17.6. The van der Waals surface area contributed by atoms with E-state index in [2.05, 4.69) is 15.3 Å². The van der Waals surface area contributed by atoms with E-state index >= 15 is 0 Å². The number of benzene rings is 2. The van der Waals surface area contributed by atoms with Crippen LogP contribution < -0.4 is 10.1 Å². The molecule has 0 bridgehead atoms. The number of aryl methyl sites for hydroxylation is 1. The third-order valence-corrected chi connectivity index (χ3v) is 4.36. The summed E-state index contributed by atoms with van der Waals surface area (Å²) in [5.41, 5.74) is 2.53. The number of carbonyl (C=O) groups excluding carboxylic acids is 1. The second kappa shape index (κ2) is 7.45. The van der Waals surface area contributed by atoms with Crippen molar-refractivity contribution in [2.24, 2.45) is 0 Å². The predicted molar refractivity (Wildman–Crippen MR) is 103 cm³/mol. The number of aromatic nitrogens is 2. The van der Waals surface area contributed by atoms with E-state index in [-0.39, 0.29) is 12.0 Å². The molecule has 0 unspecified atom stereocenters. The van der Waals surface area contributed by atoms with Crippen LogP contribution in [0.2, 0.25) is 0 Å². The fourth-order valence-electron chi connectivity index (χ4n) is 2.90. The van der Waals surface area contributed by atoms with Crippen LogP contribution in [0, 0.1) is 6.92 Å². The number of ether oxygens (including phenoxy) is 1. The number of likely N-dealkylation sites (tertiary alicyclic amines) is 1. The molecule has 6 heteroatoms. The van der Waals surface area contributed by atoms with Crippen LogP contribution in [0.5, 0.6) is 5.75 Å². The van der Waals surface area contributed by atoms with Crippen molar-refractivity contribution in [1.29, 1.82) is 0 Å². The Bertz CT molecular complexity index is 922. The van der Waals surface area contributed by atoms with Gasteiger partial charge in [-0.25, -0.2) is 9.97 Å².